The van der Waals surface area contributed by atoms with Crippen molar-refractivity contribution in [2.24, 2.45) is 5.41 Å². The van der Waals surface area contributed by atoms with Crippen LogP contribution < -0.4 is 5.32 Å². The third kappa shape index (κ3) is 3.95. The number of rotatable bonds is 2. The lowest BCUT2D eigenvalue weighted by Crippen LogP contribution is -2.46. The molecular formula is C14H23ClN2S. The summed E-state index contributed by atoms with van der Waals surface area (Å²) in [6, 6.07) is 4.71. The Kier molecular flexibility index (Phi) is 4.70. The van der Waals surface area contributed by atoms with Crippen molar-refractivity contribution < 1.29 is 0 Å². The van der Waals surface area contributed by atoms with E-state index in [1.54, 1.807) is 11.3 Å². The van der Waals surface area contributed by atoms with Crippen molar-refractivity contribution in [3.05, 3.63) is 21.3 Å². The Morgan fingerprint density at radius 1 is 1.44 bits per heavy atom. The molecule has 1 aliphatic heterocycles. The maximum atomic E-state index is 6.00. The summed E-state index contributed by atoms with van der Waals surface area (Å²) in [6.07, 6.45) is 1.23. The second-order valence-electron chi connectivity index (χ2n) is 6.17. The van der Waals surface area contributed by atoms with Crippen molar-refractivity contribution in [1.29, 1.82) is 0 Å². The van der Waals surface area contributed by atoms with E-state index < -0.39 is 0 Å². The highest BCUT2D eigenvalue weighted by Crippen LogP contribution is 2.25. The first-order chi connectivity index (χ1) is 8.45. The topological polar surface area (TPSA) is 15.3 Å². The highest BCUT2D eigenvalue weighted by atomic mass is 35.5. The molecule has 1 saturated heterocycles. The van der Waals surface area contributed by atoms with Gasteiger partial charge in [-0.15, -0.1) is 11.3 Å². The van der Waals surface area contributed by atoms with Crippen molar-refractivity contribution in [2.45, 2.75) is 39.8 Å². The first-order valence-electron chi connectivity index (χ1n) is 6.65. The average Bonchev–Trinajstić information content (AvgIpc) is 2.53. The minimum atomic E-state index is 0.315. The molecule has 2 heterocycles. The van der Waals surface area contributed by atoms with Gasteiger partial charge in [-0.05, 0) is 37.1 Å². The fourth-order valence-corrected chi connectivity index (χ4v) is 3.50. The smallest absolute Gasteiger partial charge is 0.0931 e. The second-order valence-corrected chi connectivity index (χ2v) is 7.97. The quantitative estimate of drug-likeness (QED) is 0.893. The molecule has 1 aliphatic rings. The summed E-state index contributed by atoms with van der Waals surface area (Å²) < 4.78 is 0.894. The van der Waals surface area contributed by atoms with Crippen molar-refractivity contribution in [2.75, 3.05) is 19.6 Å². The van der Waals surface area contributed by atoms with Crippen LogP contribution in [0.4, 0.5) is 0 Å². The third-order valence-corrected chi connectivity index (χ3v) is 4.75. The number of halogens is 1. The van der Waals surface area contributed by atoms with Gasteiger partial charge in [-0.25, -0.2) is 0 Å². The van der Waals surface area contributed by atoms with Crippen LogP contribution in [0, 0.1) is 5.41 Å². The molecule has 4 heteroatoms. The minimum Gasteiger partial charge on any atom is -0.312 e. The van der Waals surface area contributed by atoms with E-state index in [0.717, 1.165) is 24.0 Å². The van der Waals surface area contributed by atoms with E-state index >= 15 is 0 Å². The Labute approximate surface area is 119 Å². The van der Waals surface area contributed by atoms with Crippen LogP contribution in [0.15, 0.2) is 12.1 Å². The number of hydrogen-bond donors (Lipinski definition) is 1. The van der Waals surface area contributed by atoms with Crippen LogP contribution in [-0.2, 0) is 6.54 Å². The van der Waals surface area contributed by atoms with Crippen molar-refractivity contribution in [3.63, 3.8) is 0 Å². The van der Waals surface area contributed by atoms with Gasteiger partial charge in [-0.1, -0.05) is 32.4 Å². The Balaban J connectivity index is 1.99. The molecule has 0 amide bonds. The highest BCUT2D eigenvalue weighted by molar-refractivity contribution is 7.16. The summed E-state index contributed by atoms with van der Waals surface area (Å²) >= 11 is 7.70. The fraction of sp³-hybridized carbons (Fsp3) is 0.714. The zero-order valence-electron chi connectivity index (χ0n) is 11.5. The number of hydrogen-bond acceptors (Lipinski definition) is 3. The molecule has 1 atom stereocenters. The van der Waals surface area contributed by atoms with Gasteiger partial charge in [0.2, 0.25) is 0 Å². The highest BCUT2D eigenvalue weighted by Gasteiger charge is 2.28. The molecule has 0 aliphatic carbocycles. The fourth-order valence-electron chi connectivity index (χ4n) is 2.37. The SMILES string of the molecule is CC(C)(C)C1CN(Cc2ccc(Cl)s2)CCCN1. The third-order valence-electron chi connectivity index (χ3n) is 3.54. The normalized spacial score (nSPS) is 23.0. The van der Waals surface area contributed by atoms with Crippen LogP contribution in [0.5, 0.6) is 0 Å². The van der Waals surface area contributed by atoms with E-state index in [4.69, 9.17) is 11.6 Å². The molecule has 0 spiro atoms. The van der Waals surface area contributed by atoms with Gasteiger partial charge in [0.25, 0.3) is 0 Å². The first kappa shape index (κ1) is 14.3. The number of thiophene rings is 1. The van der Waals surface area contributed by atoms with Crippen LogP contribution in [0.1, 0.15) is 32.1 Å². The van der Waals surface area contributed by atoms with Crippen LogP contribution in [-0.4, -0.2) is 30.6 Å². The van der Waals surface area contributed by atoms with Gasteiger partial charge < -0.3 is 5.32 Å². The van der Waals surface area contributed by atoms with E-state index in [1.165, 1.54) is 17.8 Å². The monoisotopic (exact) mass is 286 g/mol. The van der Waals surface area contributed by atoms with Crippen LogP contribution in [0.2, 0.25) is 4.34 Å². The minimum absolute atomic E-state index is 0.315. The molecule has 2 rings (SSSR count). The summed E-state index contributed by atoms with van der Waals surface area (Å²) in [5, 5.41) is 3.68. The Bertz CT molecular complexity index is 383. The van der Waals surface area contributed by atoms with E-state index in [-0.39, 0.29) is 0 Å². The van der Waals surface area contributed by atoms with Gasteiger partial charge in [0.1, 0.15) is 0 Å². The molecule has 1 unspecified atom stereocenters. The molecule has 0 aromatic carbocycles. The van der Waals surface area contributed by atoms with Gasteiger partial charge in [-0.2, -0.15) is 0 Å². The summed E-state index contributed by atoms with van der Waals surface area (Å²) in [5.74, 6) is 0. The van der Waals surface area contributed by atoms with Crippen molar-refractivity contribution >= 4 is 22.9 Å². The zero-order chi connectivity index (χ0) is 13.2. The molecule has 2 nitrogen and oxygen atoms in total. The predicted octanol–water partition coefficient (Wildman–Crippen LogP) is 3.61. The van der Waals surface area contributed by atoms with Crippen molar-refractivity contribution in [1.82, 2.24) is 10.2 Å². The van der Waals surface area contributed by atoms with Crippen molar-refractivity contribution in [3.8, 4) is 0 Å². The molecule has 0 saturated carbocycles. The lowest BCUT2D eigenvalue weighted by molar-refractivity contribution is 0.193. The molecule has 0 radical (unpaired) electrons. The summed E-state index contributed by atoms with van der Waals surface area (Å²) in [6.45, 7) is 11.4. The number of nitrogens with one attached hydrogen (secondary N) is 1. The van der Waals surface area contributed by atoms with Gasteiger partial charge in [0, 0.05) is 24.0 Å². The lowest BCUT2D eigenvalue weighted by Gasteiger charge is -2.33. The Morgan fingerprint density at radius 3 is 2.83 bits per heavy atom. The largest absolute Gasteiger partial charge is 0.312 e. The molecule has 1 N–H and O–H groups in total. The zero-order valence-corrected chi connectivity index (χ0v) is 13.1. The summed E-state index contributed by atoms with van der Waals surface area (Å²) in [7, 11) is 0. The molecule has 1 aromatic rings. The molecule has 1 aromatic heterocycles. The summed E-state index contributed by atoms with van der Waals surface area (Å²) in [4.78, 5) is 3.92. The van der Waals surface area contributed by atoms with Crippen LogP contribution >= 0.6 is 22.9 Å². The Hall–Kier alpha value is -0.0900. The van der Waals surface area contributed by atoms with Gasteiger partial charge in [0.15, 0.2) is 0 Å². The molecule has 1 fully saturated rings. The standard InChI is InChI=1S/C14H23ClN2S/c1-14(2,3)12-10-17(8-4-7-16-12)9-11-5-6-13(15)18-11/h5-6,12,16H,4,7-10H2,1-3H3. The molecule has 0 bridgehead atoms. The predicted molar refractivity (Wildman–Crippen MR) is 80.5 cm³/mol. The van der Waals surface area contributed by atoms with Crippen LogP contribution in [0.3, 0.4) is 0 Å². The number of nitrogens with zero attached hydrogens (tertiary/aromatic N) is 1. The maximum absolute atomic E-state index is 6.00. The molecular weight excluding hydrogens is 264 g/mol. The molecule has 18 heavy (non-hydrogen) atoms. The van der Waals surface area contributed by atoms with Gasteiger partial charge in [0.05, 0.1) is 4.34 Å². The van der Waals surface area contributed by atoms with Crippen LogP contribution in [0.25, 0.3) is 0 Å². The Morgan fingerprint density at radius 2 is 2.22 bits per heavy atom. The van der Waals surface area contributed by atoms with E-state index in [2.05, 4.69) is 37.1 Å². The average molecular weight is 287 g/mol. The lowest BCUT2D eigenvalue weighted by atomic mass is 9.86. The summed E-state index contributed by atoms with van der Waals surface area (Å²) in [5.41, 5.74) is 0.315. The van der Waals surface area contributed by atoms with E-state index in [0.29, 0.717) is 11.5 Å². The van der Waals surface area contributed by atoms with Gasteiger partial charge in [-0.3, -0.25) is 4.90 Å². The van der Waals surface area contributed by atoms with E-state index in [1.807, 2.05) is 6.07 Å². The van der Waals surface area contributed by atoms with E-state index in [9.17, 15) is 0 Å². The second kappa shape index (κ2) is 5.91. The maximum Gasteiger partial charge on any atom is 0.0931 e. The van der Waals surface area contributed by atoms with Gasteiger partial charge >= 0.3 is 0 Å². The first-order valence-corrected chi connectivity index (χ1v) is 7.84. The molecule has 102 valence electrons.